The van der Waals surface area contributed by atoms with E-state index < -0.39 is 17.5 Å². The molecule has 1 amide bonds. The molecule has 1 aliphatic rings. The largest absolute Gasteiger partial charge is 0.350 e. The van der Waals surface area contributed by atoms with E-state index in [-0.39, 0.29) is 24.1 Å². The summed E-state index contributed by atoms with van der Waals surface area (Å²) in [5.41, 5.74) is 1.70. The molecule has 8 nitrogen and oxygen atoms in total. The molecule has 1 atom stereocenters. The summed E-state index contributed by atoms with van der Waals surface area (Å²) in [5, 5.41) is 7.31. The minimum Gasteiger partial charge on any atom is -0.350 e. The van der Waals surface area contributed by atoms with Crippen molar-refractivity contribution in [3.05, 3.63) is 59.3 Å². The number of hydrogen-bond donors (Lipinski definition) is 1. The predicted molar refractivity (Wildman–Crippen MR) is 118 cm³/mol. The average molecular weight is 459 g/mol. The fourth-order valence-electron chi connectivity index (χ4n) is 3.85. The number of anilines is 3. The lowest BCUT2D eigenvalue weighted by atomic mass is 10.1. The zero-order valence-electron chi connectivity index (χ0n) is 18.5. The van der Waals surface area contributed by atoms with Gasteiger partial charge in [0.15, 0.2) is 23.3 Å². The Hall–Kier alpha value is -3.63. The van der Waals surface area contributed by atoms with Crippen molar-refractivity contribution in [3.8, 4) is 0 Å². The highest BCUT2D eigenvalue weighted by atomic mass is 19.2. The van der Waals surface area contributed by atoms with Crippen molar-refractivity contribution in [3.63, 3.8) is 0 Å². The molecule has 33 heavy (non-hydrogen) atoms. The molecule has 0 bridgehead atoms. The normalized spacial score (nSPS) is 15.7. The molecular formula is C22H24F3N7O. The van der Waals surface area contributed by atoms with E-state index in [0.29, 0.717) is 24.0 Å². The molecule has 0 saturated carbocycles. The standard InChI is InChI=1S/C22H24F3N7O/c1-4-5-17-21(33)31(3)18-10-27-22(29-20(18)30(17)2)26-8-14-9-28-32(12-14)11-13-6-15(23)19(25)16(24)7-13/h6-7,9-10,12,17H,4-5,8,11H2,1-3H3,(H,26,27,29). The van der Waals surface area contributed by atoms with Gasteiger partial charge in [-0.15, -0.1) is 0 Å². The maximum atomic E-state index is 13.4. The van der Waals surface area contributed by atoms with Crippen LogP contribution in [0.1, 0.15) is 30.9 Å². The molecule has 1 aliphatic heterocycles. The lowest BCUT2D eigenvalue weighted by Crippen LogP contribution is -2.51. The van der Waals surface area contributed by atoms with Crippen molar-refractivity contribution in [2.75, 3.05) is 29.2 Å². The van der Waals surface area contributed by atoms with Crippen molar-refractivity contribution >= 4 is 23.4 Å². The zero-order chi connectivity index (χ0) is 23.7. The first-order valence-corrected chi connectivity index (χ1v) is 10.5. The van der Waals surface area contributed by atoms with Crippen LogP contribution in [0.15, 0.2) is 30.7 Å². The third-order valence-corrected chi connectivity index (χ3v) is 5.62. The number of aromatic nitrogens is 4. The molecule has 4 rings (SSSR count). The van der Waals surface area contributed by atoms with Crippen LogP contribution in [-0.2, 0) is 17.9 Å². The number of fused-ring (bicyclic) bond motifs is 1. The van der Waals surface area contributed by atoms with E-state index in [4.69, 9.17) is 0 Å². The summed E-state index contributed by atoms with van der Waals surface area (Å²) in [6.07, 6.45) is 6.54. The van der Waals surface area contributed by atoms with Crippen molar-refractivity contribution in [2.45, 2.75) is 38.9 Å². The van der Waals surface area contributed by atoms with E-state index in [1.54, 1.807) is 30.5 Å². The second-order valence-electron chi connectivity index (χ2n) is 7.99. The molecule has 0 spiro atoms. The van der Waals surface area contributed by atoms with Gasteiger partial charge in [0, 0.05) is 32.4 Å². The van der Waals surface area contributed by atoms with Crippen LogP contribution >= 0.6 is 0 Å². The zero-order valence-corrected chi connectivity index (χ0v) is 18.5. The summed E-state index contributed by atoms with van der Waals surface area (Å²) in [6.45, 7) is 2.49. The van der Waals surface area contributed by atoms with Gasteiger partial charge in [-0.3, -0.25) is 9.48 Å². The maximum absolute atomic E-state index is 13.4. The van der Waals surface area contributed by atoms with E-state index in [0.717, 1.165) is 30.5 Å². The van der Waals surface area contributed by atoms with Crippen molar-refractivity contribution in [2.24, 2.45) is 0 Å². The van der Waals surface area contributed by atoms with Crippen LogP contribution in [0.5, 0.6) is 0 Å². The number of amides is 1. The van der Waals surface area contributed by atoms with Crippen LogP contribution in [0, 0.1) is 17.5 Å². The Kier molecular flexibility index (Phi) is 6.21. The molecule has 2 aromatic heterocycles. The van der Waals surface area contributed by atoms with Gasteiger partial charge in [0.05, 0.1) is 18.9 Å². The first-order valence-electron chi connectivity index (χ1n) is 10.5. The van der Waals surface area contributed by atoms with Crippen LogP contribution in [0.2, 0.25) is 0 Å². The van der Waals surface area contributed by atoms with Gasteiger partial charge in [-0.05, 0) is 24.1 Å². The summed E-state index contributed by atoms with van der Waals surface area (Å²) < 4.78 is 41.5. The van der Waals surface area contributed by atoms with Gasteiger partial charge in [0.25, 0.3) is 0 Å². The lowest BCUT2D eigenvalue weighted by molar-refractivity contribution is -0.120. The SMILES string of the molecule is CCCC1C(=O)N(C)c2cnc(NCc3cnn(Cc4cc(F)c(F)c(F)c4)c3)nc2N1C. The van der Waals surface area contributed by atoms with E-state index in [2.05, 4.69) is 20.4 Å². The average Bonchev–Trinajstić information content (AvgIpc) is 3.24. The van der Waals surface area contributed by atoms with Crippen molar-refractivity contribution in [1.29, 1.82) is 0 Å². The number of carbonyl (C=O) groups excluding carboxylic acids is 1. The Morgan fingerprint density at radius 2 is 1.82 bits per heavy atom. The van der Waals surface area contributed by atoms with Crippen LogP contribution < -0.4 is 15.1 Å². The number of nitrogens with one attached hydrogen (secondary N) is 1. The molecule has 174 valence electrons. The Bertz CT molecular complexity index is 1160. The van der Waals surface area contributed by atoms with E-state index in [1.807, 2.05) is 18.9 Å². The second kappa shape index (κ2) is 9.08. The highest BCUT2D eigenvalue weighted by Crippen LogP contribution is 2.34. The summed E-state index contributed by atoms with van der Waals surface area (Å²) in [5.74, 6) is -2.87. The molecular weight excluding hydrogens is 435 g/mol. The van der Waals surface area contributed by atoms with Gasteiger partial charge in [-0.1, -0.05) is 13.3 Å². The molecule has 1 unspecified atom stereocenters. The molecule has 0 saturated heterocycles. The summed E-state index contributed by atoms with van der Waals surface area (Å²) in [4.78, 5) is 25.0. The fourth-order valence-corrected chi connectivity index (χ4v) is 3.85. The van der Waals surface area contributed by atoms with E-state index >= 15 is 0 Å². The third-order valence-electron chi connectivity index (χ3n) is 5.62. The highest BCUT2D eigenvalue weighted by molar-refractivity contribution is 6.04. The van der Waals surface area contributed by atoms with Crippen molar-refractivity contribution in [1.82, 2.24) is 19.7 Å². The molecule has 0 radical (unpaired) electrons. The summed E-state index contributed by atoms with van der Waals surface area (Å²) in [7, 11) is 3.58. The van der Waals surface area contributed by atoms with Gasteiger partial charge in [-0.25, -0.2) is 18.2 Å². The number of benzene rings is 1. The lowest BCUT2D eigenvalue weighted by Gasteiger charge is -2.38. The van der Waals surface area contributed by atoms with Gasteiger partial charge in [0.2, 0.25) is 11.9 Å². The van der Waals surface area contributed by atoms with E-state index in [9.17, 15) is 18.0 Å². The van der Waals surface area contributed by atoms with Crippen LogP contribution in [0.3, 0.4) is 0 Å². The molecule has 11 heteroatoms. The predicted octanol–water partition coefficient (Wildman–Crippen LogP) is 3.33. The molecule has 3 aromatic rings. The fraction of sp³-hybridized carbons (Fsp3) is 0.364. The Balaban J connectivity index is 1.44. The Morgan fingerprint density at radius 3 is 2.52 bits per heavy atom. The highest BCUT2D eigenvalue weighted by Gasteiger charge is 2.35. The first-order chi connectivity index (χ1) is 15.8. The minimum absolute atomic E-state index is 0.0180. The topological polar surface area (TPSA) is 79.2 Å². The molecule has 1 aromatic carbocycles. The Morgan fingerprint density at radius 1 is 1.09 bits per heavy atom. The summed E-state index contributed by atoms with van der Waals surface area (Å²) >= 11 is 0. The Labute approximate surface area is 189 Å². The number of halogens is 3. The number of carbonyl (C=O) groups is 1. The number of nitrogens with zero attached hydrogens (tertiary/aromatic N) is 6. The van der Waals surface area contributed by atoms with Crippen molar-refractivity contribution < 1.29 is 18.0 Å². The molecule has 3 heterocycles. The number of hydrogen-bond acceptors (Lipinski definition) is 6. The van der Waals surface area contributed by atoms with Gasteiger partial charge < -0.3 is 15.1 Å². The quantitative estimate of drug-likeness (QED) is 0.546. The third kappa shape index (κ3) is 4.48. The monoisotopic (exact) mass is 459 g/mol. The maximum Gasteiger partial charge on any atom is 0.249 e. The summed E-state index contributed by atoms with van der Waals surface area (Å²) in [6, 6.07) is 1.63. The van der Waals surface area contributed by atoms with Crippen LogP contribution in [0.25, 0.3) is 0 Å². The number of likely N-dealkylation sites (N-methyl/N-ethyl adjacent to an activating group) is 2. The van der Waals surface area contributed by atoms with E-state index in [1.165, 1.54) is 4.68 Å². The first kappa shape index (κ1) is 22.6. The second-order valence-corrected chi connectivity index (χ2v) is 7.99. The van der Waals surface area contributed by atoms with Gasteiger partial charge >= 0.3 is 0 Å². The minimum atomic E-state index is -1.49. The van der Waals surface area contributed by atoms with Gasteiger partial charge in [0.1, 0.15) is 11.7 Å². The molecule has 0 aliphatic carbocycles. The van der Waals surface area contributed by atoms with Crippen LogP contribution in [0.4, 0.5) is 30.6 Å². The van der Waals surface area contributed by atoms with Gasteiger partial charge in [-0.2, -0.15) is 10.1 Å². The molecule has 1 N–H and O–H groups in total. The smallest absolute Gasteiger partial charge is 0.249 e. The number of rotatable bonds is 7. The van der Waals surface area contributed by atoms with Crippen LogP contribution in [-0.4, -0.2) is 45.8 Å². The molecule has 0 fully saturated rings.